The lowest BCUT2D eigenvalue weighted by molar-refractivity contribution is -0.145. The number of amides is 1. The quantitative estimate of drug-likeness (QED) is 0.608. The van der Waals surface area contributed by atoms with Crippen molar-refractivity contribution in [3.05, 3.63) is 11.0 Å². The number of hydrogen-bond donors (Lipinski definition) is 2. The van der Waals surface area contributed by atoms with Crippen LogP contribution in [0.25, 0.3) is 0 Å². The highest BCUT2D eigenvalue weighted by Gasteiger charge is 2.29. The van der Waals surface area contributed by atoms with E-state index in [1.807, 2.05) is 6.08 Å². The Labute approximate surface area is 120 Å². The van der Waals surface area contributed by atoms with Crippen molar-refractivity contribution in [3.63, 3.8) is 0 Å². The van der Waals surface area contributed by atoms with Crippen LogP contribution < -0.4 is 5.32 Å². The molecule has 0 aromatic carbocycles. The van der Waals surface area contributed by atoms with Gasteiger partial charge in [-0.2, -0.15) is 0 Å². The van der Waals surface area contributed by atoms with Crippen molar-refractivity contribution >= 4 is 40.2 Å². The third-order valence-corrected chi connectivity index (χ3v) is 4.36. The summed E-state index contributed by atoms with van der Waals surface area (Å²) in [5.74, 6) is -1.05. The van der Waals surface area contributed by atoms with Gasteiger partial charge in [0.1, 0.15) is 10.9 Å². The molecule has 0 aromatic rings. The van der Waals surface area contributed by atoms with Crippen LogP contribution >= 0.6 is 24.0 Å². The second-order valence-corrected chi connectivity index (χ2v) is 6.28. The molecule has 2 atom stereocenters. The van der Waals surface area contributed by atoms with Crippen LogP contribution in [0.1, 0.15) is 25.7 Å². The number of carboxylic acids is 1. The maximum atomic E-state index is 11.6. The number of thiocarbonyl (C=S) groups is 1. The van der Waals surface area contributed by atoms with Gasteiger partial charge in [-0.1, -0.05) is 42.9 Å². The average molecular weight is 301 g/mol. The first kappa shape index (κ1) is 14.5. The molecule has 2 fully saturated rings. The number of carbonyl (C=O) groups is 2. The summed E-state index contributed by atoms with van der Waals surface area (Å²) in [6, 6.07) is 0. The normalized spacial score (nSPS) is 29.6. The average Bonchev–Trinajstić information content (AvgIpc) is 2.67. The molecule has 0 spiro atoms. The second-order valence-electron chi connectivity index (χ2n) is 4.57. The summed E-state index contributed by atoms with van der Waals surface area (Å²) < 4.78 is 5.88. The summed E-state index contributed by atoms with van der Waals surface area (Å²) in [7, 11) is 0. The molecule has 2 rings (SSSR count). The van der Waals surface area contributed by atoms with Gasteiger partial charge >= 0.3 is 5.97 Å². The van der Waals surface area contributed by atoms with E-state index < -0.39 is 5.97 Å². The van der Waals surface area contributed by atoms with Crippen LogP contribution in [0, 0.1) is 5.92 Å². The van der Waals surface area contributed by atoms with Gasteiger partial charge in [-0.25, -0.2) is 4.79 Å². The number of ether oxygens (including phenoxy) is 1. The summed E-state index contributed by atoms with van der Waals surface area (Å²) in [5.41, 5.74) is 0. The molecule has 2 aliphatic rings. The zero-order valence-corrected chi connectivity index (χ0v) is 11.9. The Morgan fingerprint density at radius 1 is 1.53 bits per heavy atom. The molecule has 104 valence electrons. The summed E-state index contributed by atoms with van der Waals surface area (Å²) in [4.78, 5) is 22.8. The number of aliphatic carboxylic acids is 1. The topological polar surface area (TPSA) is 75.6 Å². The Bertz CT molecular complexity index is 435. The van der Waals surface area contributed by atoms with Gasteiger partial charge in [0.25, 0.3) is 5.91 Å². The van der Waals surface area contributed by atoms with Crippen LogP contribution in [0.5, 0.6) is 0 Å². The van der Waals surface area contributed by atoms with E-state index >= 15 is 0 Å². The summed E-state index contributed by atoms with van der Waals surface area (Å²) in [5, 5.41) is 11.2. The number of rotatable bonds is 4. The van der Waals surface area contributed by atoms with E-state index in [-0.39, 0.29) is 24.5 Å². The predicted molar refractivity (Wildman–Crippen MR) is 75.7 cm³/mol. The highest BCUT2D eigenvalue weighted by atomic mass is 32.2. The predicted octanol–water partition coefficient (Wildman–Crippen LogP) is 1.68. The van der Waals surface area contributed by atoms with Crippen LogP contribution in [0.2, 0.25) is 0 Å². The van der Waals surface area contributed by atoms with Gasteiger partial charge in [-0.3, -0.25) is 4.79 Å². The summed E-state index contributed by atoms with van der Waals surface area (Å²) >= 11 is 6.19. The molecule has 1 heterocycles. The summed E-state index contributed by atoms with van der Waals surface area (Å²) in [6.07, 6.45) is 5.59. The molecule has 1 unspecified atom stereocenters. The number of carbonyl (C=O) groups excluding carboxylic acids is 1. The highest BCUT2D eigenvalue weighted by Crippen LogP contribution is 2.32. The highest BCUT2D eigenvalue weighted by molar-refractivity contribution is 8.26. The van der Waals surface area contributed by atoms with Crippen molar-refractivity contribution in [2.75, 3.05) is 6.61 Å². The molecule has 5 nitrogen and oxygen atoms in total. The molecular weight excluding hydrogens is 286 g/mol. The van der Waals surface area contributed by atoms with Gasteiger partial charge < -0.3 is 15.2 Å². The van der Waals surface area contributed by atoms with Crippen LogP contribution in [0.15, 0.2) is 11.0 Å². The van der Waals surface area contributed by atoms with E-state index in [0.717, 1.165) is 25.7 Å². The molecule has 1 saturated carbocycles. The van der Waals surface area contributed by atoms with Crippen molar-refractivity contribution in [2.45, 2.75) is 31.8 Å². The molecule has 1 aliphatic heterocycles. The maximum absolute atomic E-state index is 11.6. The van der Waals surface area contributed by atoms with E-state index in [9.17, 15) is 9.59 Å². The molecule has 2 N–H and O–H groups in total. The first-order chi connectivity index (χ1) is 9.06. The molecule has 0 radical (unpaired) electrons. The number of hydrogen-bond acceptors (Lipinski definition) is 5. The number of carboxylic acid groups (broad SMARTS) is 1. The Hall–Kier alpha value is -0.920. The molecule has 7 heteroatoms. The minimum Gasteiger partial charge on any atom is -0.480 e. The van der Waals surface area contributed by atoms with Crippen LogP contribution in [0.3, 0.4) is 0 Å². The zero-order chi connectivity index (χ0) is 13.8. The fourth-order valence-corrected chi connectivity index (χ4v) is 3.42. The number of nitrogens with one attached hydrogen (secondary N) is 1. The smallest absolute Gasteiger partial charge is 0.329 e. The van der Waals surface area contributed by atoms with Crippen LogP contribution in [0.4, 0.5) is 0 Å². The van der Waals surface area contributed by atoms with E-state index in [1.54, 1.807) is 0 Å². The van der Waals surface area contributed by atoms with Gasteiger partial charge in [0.15, 0.2) is 0 Å². The monoisotopic (exact) mass is 301 g/mol. The zero-order valence-electron chi connectivity index (χ0n) is 10.3. The largest absolute Gasteiger partial charge is 0.480 e. The molecular formula is C12H15NO4S2. The molecule has 1 aliphatic carbocycles. The Morgan fingerprint density at radius 3 is 2.89 bits per heavy atom. The molecule has 19 heavy (non-hydrogen) atoms. The van der Waals surface area contributed by atoms with E-state index in [2.05, 4.69) is 5.32 Å². The molecule has 1 saturated heterocycles. The minimum absolute atomic E-state index is 0.0854. The first-order valence-corrected chi connectivity index (χ1v) is 7.37. The lowest BCUT2D eigenvalue weighted by atomic mass is 9.86. The van der Waals surface area contributed by atoms with Gasteiger partial charge in [0.2, 0.25) is 0 Å². The fraction of sp³-hybridized carbons (Fsp3) is 0.583. The third kappa shape index (κ3) is 4.02. The van der Waals surface area contributed by atoms with Crippen molar-refractivity contribution in [1.29, 1.82) is 0 Å². The lowest BCUT2D eigenvalue weighted by Crippen LogP contribution is -2.29. The van der Waals surface area contributed by atoms with Crippen molar-refractivity contribution in [1.82, 2.24) is 5.32 Å². The van der Waals surface area contributed by atoms with E-state index in [1.165, 1.54) is 11.8 Å². The maximum Gasteiger partial charge on any atom is 0.329 e. The lowest BCUT2D eigenvalue weighted by Gasteiger charge is -2.29. The van der Waals surface area contributed by atoms with Gasteiger partial charge in [0.05, 0.1) is 11.0 Å². The van der Waals surface area contributed by atoms with Crippen LogP contribution in [-0.4, -0.2) is 34.0 Å². The Kier molecular flexibility index (Phi) is 4.95. The molecule has 0 aromatic heterocycles. The Morgan fingerprint density at radius 2 is 2.26 bits per heavy atom. The van der Waals surface area contributed by atoms with Gasteiger partial charge in [0, 0.05) is 5.92 Å². The molecule has 0 bridgehead atoms. The third-order valence-electron chi connectivity index (χ3n) is 3.18. The SMILES string of the molecule is O=C(O)COC1CCCC[C@@H]1/C=C1\SC(=S)NC1=O. The van der Waals surface area contributed by atoms with Crippen LogP contribution in [-0.2, 0) is 14.3 Å². The van der Waals surface area contributed by atoms with Gasteiger partial charge in [-0.05, 0) is 12.8 Å². The van der Waals surface area contributed by atoms with E-state index in [4.69, 9.17) is 22.1 Å². The Balaban J connectivity index is 2.03. The first-order valence-electron chi connectivity index (χ1n) is 6.14. The fourth-order valence-electron chi connectivity index (χ4n) is 2.33. The van der Waals surface area contributed by atoms with Crippen molar-refractivity contribution < 1.29 is 19.4 Å². The number of thioether (sulfide) groups is 1. The van der Waals surface area contributed by atoms with E-state index in [0.29, 0.717) is 9.23 Å². The van der Waals surface area contributed by atoms with Gasteiger partial charge in [-0.15, -0.1) is 0 Å². The van der Waals surface area contributed by atoms with Crippen molar-refractivity contribution in [3.8, 4) is 0 Å². The standard InChI is InChI=1S/C12H15NO4S2/c14-10(15)6-17-8-4-2-1-3-7(8)5-9-11(16)13-12(18)19-9/h5,7-8H,1-4,6H2,(H,14,15)(H,13,16,18)/b9-5-/t7-,8?/m1/s1. The second kappa shape index (κ2) is 6.49. The summed E-state index contributed by atoms with van der Waals surface area (Å²) in [6.45, 7) is -0.290. The minimum atomic E-state index is -0.967. The van der Waals surface area contributed by atoms with Crippen molar-refractivity contribution in [2.24, 2.45) is 5.92 Å². The molecule has 1 amide bonds.